The summed E-state index contributed by atoms with van der Waals surface area (Å²) < 4.78 is 53.0. The van der Waals surface area contributed by atoms with Crippen molar-refractivity contribution in [2.24, 2.45) is 11.8 Å². The second kappa shape index (κ2) is 19.7. The van der Waals surface area contributed by atoms with Gasteiger partial charge in [-0.2, -0.15) is 13.2 Å². The number of hydrogen-bond donors (Lipinski definition) is 3. The lowest BCUT2D eigenvalue weighted by molar-refractivity contribution is -0.161. The fourth-order valence-electron chi connectivity index (χ4n) is 5.98. The number of ether oxygens (including phenoxy) is 2. The number of imide groups is 1. The van der Waals surface area contributed by atoms with Gasteiger partial charge in [-0.25, -0.2) is 0 Å². The number of morpholine rings is 1. The van der Waals surface area contributed by atoms with E-state index in [9.17, 15) is 37.1 Å². The number of nitrogens with zero attached hydrogens (tertiary/aromatic N) is 2. The lowest BCUT2D eigenvalue weighted by atomic mass is 9.99. The summed E-state index contributed by atoms with van der Waals surface area (Å²) in [4.78, 5) is 65.7. The van der Waals surface area contributed by atoms with Crippen LogP contribution in [0.4, 0.5) is 18.9 Å². The third-order valence-electron chi connectivity index (χ3n) is 8.94. The predicted octanol–water partition coefficient (Wildman–Crippen LogP) is 3.79. The number of esters is 1. The number of nitrogens with one attached hydrogen (secondary N) is 3. The van der Waals surface area contributed by atoms with E-state index >= 15 is 0 Å². The van der Waals surface area contributed by atoms with Crippen molar-refractivity contribution in [2.75, 3.05) is 44.7 Å². The van der Waals surface area contributed by atoms with Gasteiger partial charge in [0, 0.05) is 44.6 Å². The fourth-order valence-corrected chi connectivity index (χ4v) is 5.98. The first-order chi connectivity index (χ1) is 23.6. The molecule has 50 heavy (non-hydrogen) atoms. The summed E-state index contributed by atoms with van der Waals surface area (Å²) in [5.74, 6) is -3.06. The summed E-state index contributed by atoms with van der Waals surface area (Å²) in [6.07, 6.45) is -3.05. The van der Waals surface area contributed by atoms with E-state index in [4.69, 9.17) is 9.47 Å². The molecule has 280 valence electrons. The number of alkyl halides is 3. The van der Waals surface area contributed by atoms with Crippen LogP contribution in [0.5, 0.6) is 0 Å². The van der Waals surface area contributed by atoms with Gasteiger partial charge in [-0.15, -0.1) is 0 Å². The minimum Gasteiger partial charge on any atom is -0.461 e. The van der Waals surface area contributed by atoms with E-state index in [1.54, 1.807) is 45.0 Å². The van der Waals surface area contributed by atoms with Crippen LogP contribution in [0.15, 0.2) is 24.3 Å². The zero-order valence-electron chi connectivity index (χ0n) is 29.5. The minimum atomic E-state index is -4.64. The van der Waals surface area contributed by atoms with Gasteiger partial charge in [-0.3, -0.25) is 39.1 Å². The van der Waals surface area contributed by atoms with Crippen LogP contribution in [0.2, 0.25) is 0 Å². The number of likely N-dealkylation sites (tertiary alicyclic amines) is 1. The Labute approximate surface area is 292 Å². The molecule has 1 unspecified atom stereocenters. The maximum atomic E-state index is 14.2. The highest BCUT2D eigenvalue weighted by atomic mass is 19.4. The first-order valence-electron chi connectivity index (χ1n) is 17.5. The van der Waals surface area contributed by atoms with E-state index in [1.807, 2.05) is 0 Å². The molecule has 2 heterocycles. The molecular formula is C35H52F3N5O7. The molecule has 12 nitrogen and oxygen atoms in total. The third-order valence-corrected chi connectivity index (χ3v) is 8.94. The molecule has 15 heteroatoms. The van der Waals surface area contributed by atoms with Gasteiger partial charge in [-0.1, -0.05) is 45.7 Å². The Balaban J connectivity index is 1.63. The number of amides is 4. The summed E-state index contributed by atoms with van der Waals surface area (Å²) in [6, 6.07) is 2.41. The highest BCUT2D eigenvalue weighted by Crippen LogP contribution is 2.26. The van der Waals surface area contributed by atoms with Crippen LogP contribution < -0.4 is 16.0 Å². The second-order valence-corrected chi connectivity index (χ2v) is 13.4. The standard InChI is InChI=1S/C35H52F3N5O7/c1-23(2)31(41-29(35(36,37)38)10-6-5-7-16-43-30(45)21-24(3)34(43)48)33(47)40-28(9-8-15-42-17-19-49-20-18-42)32(46)39-27-13-11-26(12-14-27)22-50-25(4)44/h11-14,23-24,28-29,31,41H,5-10,15-22H2,1-4H3,(H,39,46)(H,40,47)/t24?,28-,29-,31-/m0/s1. The summed E-state index contributed by atoms with van der Waals surface area (Å²) >= 11 is 0. The van der Waals surface area contributed by atoms with Gasteiger partial charge >= 0.3 is 12.1 Å². The Bertz CT molecular complexity index is 1290. The van der Waals surface area contributed by atoms with Crippen molar-refractivity contribution in [2.45, 2.75) is 104 Å². The van der Waals surface area contributed by atoms with E-state index in [-0.39, 0.29) is 56.6 Å². The number of carbonyl (C=O) groups is 5. The first-order valence-corrected chi connectivity index (χ1v) is 17.5. The molecule has 2 aliphatic rings. The van der Waals surface area contributed by atoms with E-state index < -0.39 is 48.0 Å². The fraction of sp³-hybridized carbons (Fsp3) is 0.686. The van der Waals surface area contributed by atoms with Crippen molar-refractivity contribution in [3.8, 4) is 0 Å². The van der Waals surface area contributed by atoms with Crippen LogP contribution in [0.1, 0.15) is 78.2 Å². The van der Waals surface area contributed by atoms with Crippen LogP contribution in [0, 0.1) is 11.8 Å². The second-order valence-electron chi connectivity index (χ2n) is 13.4. The zero-order chi connectivity index (χ0) is 36.8. The highest BCUT2D eigenvalue weighted by molar-refractivity contribution is 6.03. The molecular weight excluding hydrogens is 659 g/mol. The smallest absolute Gasteiger partial charge is 0.403 e. The molecule has 0 bridgehead atoms. The van der Waals surface area contributed by atoms with Gasteiger partial charge in [-0.05, 0) is 55.8 Å². The third kappa shape index (κ3) is 13.3. The van der Waals surface area contributed by atoms with Gasteiger partial charge in [0.05, 0.1) is 19.3 Å². The molecule has 2 saturated heterocycles. The van der Waals surface area contributed by atoms with Crippen LogP contribution in [0.3, 0.4) is 0 Å². The molecule has 3 rings (SSSR count). The maximum absolute atomic E-state index is 14.2. The van der Waals surface area contributed by atoms with Crippen LogP contribution in [-0.4, -0.2) is 103 Å². The number of benzene rings is 1. The largest absolute Gasteiger partial charge is 0.461 e. The molecule has 0 spiro atoms. The normalized spacial score (nSPS) is 19.0. The molecule has 3 N–H and O–H groups in total. The number of halogens is 3. The Morgan fingerprint density at radius 2 is 1.64 bits per heavy atom. The summed E-state index contributed by atoms with van der Waals surface area (Å²) in [6.45, 7) is 9.87. The lowest BCUT2D eigenvalue weighted by Gasteiger charge is -2.31. The summed E-state index contributed by atoms with van der Waals surface area (Å²) in [5.41, 5.74) is 1.16. The first kappa shape index (κ1) is 40.9. The number of hydrogen-bond acceptors (Lipinski definition) is 9. The Hall–Kier alpha value is -3.56. The summed E-state index contributed by atoms with van der Waals surface area (Å²) in [5, 5.41) is 8.04. The van der Waals surface area contributed by atoms with Crippen molar-refractivity contribution in [1.82, 2.24) is 20.4 Å². The molecule has 2 aliphatic heterocycles. The van der Waals surface area contributed by atoms with Crippen LogP contribution in [0.25, 0.3) is 0 Å². The number of rotatable bonds is 19. The molecule has 0 radical (unpaired) electrons. The van der Waals surface area contributed by atoms with Crippen molar-refractivity contribution < 1.29 is 46.6 Å². The number of anilines is 1. The van der Waals surface area contributed by atoms with Gasteiger partial charge in [0.15, 0.2) is 0 Å². The maximum Gasteiger partial charge on any atom is 0.403 e. The average molecular weight is 712 g/mol. The lowest BCUT2D eigenvalue weighted by Crippen LogP contribution is -2.58. The Kier molecular flexibility index (Phi) is 16.1. The molecule has 4 amide bonds. The highest BCUT2D eigenvalue weighted by Gasteiger charge is 2.42. The Morgan fingerprint density at radius 1 is 0.960 bits per heavy atom. The molecule has 0 aliphatic carbocycles. The molecule has 0 saturated carbocycles. The molecule has 1 aromatic carbocycles. The van der Waals surface area contributed by atoms with E-state index in [1.165, 1.54) is 11.8 Å². The van der Waals surface area contributed by atoms with Gasteiger partial charge in [0.2, 0.25) is 23.6 Å². The van der Waals surface area contributed by atoms with Crippen molar-refractivity contribution >= 4 is 35.3 Å². The van der Waals surface area contributed by atoms with E-state index in [0.29, 0.717) is 50.3 Å². The molecule has 2 fully saturated rings. The number of unbranched alkanes of at least 4 members (excludes halogenated alkanes) is 2. The minimum absolute atomic E-state index is 0.0756. The van der Waals surface area contributed by atoms with Crippen molar-refractivity contribution in [1.29, 1.82) is 0 Å². The zero-order valence-corrected chi connectivity index (χ0v) is 29.5. The molecule has 1 aromatic rings. The number of carbonyl (C=O) groups excluding carboxylic acids is 5. The van der Waals surface area contributed by atoms with Crippen molar-refractivity contribution in [3.63, 3.8) is 0 Å². The molecule has 0 aromatic heterocycles. The van der Waals surface area contributed by atoms with Crippen LogP contribution in [-0.2, 0) is 40.1 Å². The predicted molar refractivity (Wildman–Crippen MR) is 180 cm³/mol. The van der Waals surface area contributed by atoms with Gasteiger partial charge in [0.1, 0.15) is 18.7 Å². The van der Waals surface area contributed by atoms with Gasteiger partial charge < -0.3 is 20.1 Å². The van der Waals surface area contributed by atoms with Crippen LogP contribution >= 0.6 is 0 Å². The van der Waals surface area contributed by atoms with E-state index in [2.05, 4.69) is 20.9 Å². The Morgan fingerprint density at radius 3 is 2.22 bits per heavy atom. The summed E-state index contributed by atoms with van der Waals surface area (Å²) in [7, 11) is 0. The average Bonchev–Trinajstić information content (AvgIpc) is 3.30. The SMILES string of the molecule is CC(=O)OCc1ccc(NC(=O)[C@H](CCCN2CCOCC2)NC(=O)[C@@H](N[C@@H](CCCCCN2C(=O)CC(C)C2=O)C(F)(F)F)C(C)C)cc1. The van der Waals surface area contributed by atoms with Gasteiger partial charge in [0.25, 0.3) is 0 Å². The topological polar surface area (TPSA) is 146 Å². The van der Waals surface area contributed by atoms with E-state index in [0.717, 1.165) is 13.1 Å². The molecule has 4 atom stereocenters. The quantitative estimate of drug-likeness (QED) is 0.111. The van der Waals surface area contributed by atoms with Crippen molar-refractivity contribution in [3.05, 3.63) is 29.8 Å². The monoisotopic (exact) mass is 711 g/mol.